The summed E-state index contributed by atoms with van der Waals surface area (Å²) >= 11 is 6.08. The lowest BCUT2D eigenvalue weighted by Gasteiger charge is -2.19. The summed E-state index contributed by atoms with van der Waals surface area (Å²) in [4.78, 5) is 16.2. The molecule has 0 unspecified atom stereocenters. The smallest absolute Gasteiger partial charge is 0.370 e. The highest BCUT2D eigenvalue weighted by Crippen LogP contribution is 2.28. The molecule has 0 saturated heterocycles. The SMILES string of the molecule is CCN(CC)S(=O)(=O)c1ccc(Cl)c(C(=O)NCCCNc2ccc(C(F)(F)F)cn2)c1. The number of aromatic nitrogens is 1. The van der Waals surface area contributed by atoms with Crippen LogP contribution < -0.4 is 10.6 Å². The second-order valence-electron chi connectivity index (χ2n) is 6.70. The Morgan fingerprint density at radius 3 is 2.38 bits per heavy atom. The molecule has 0 fully saturated rings. The van der Waals surface area contributed by atoms with Gasteiger partial charge in [0.2, 0.25) is 10.0 Å². The number of carbonyl (C=O) groups is 1. The van der Waals surface area contributed by atoms with Crippen LogP contribution in [-0.4, -0.2) is 49.8 Å². The molecule has 1 aromatic heterocycles. The number of alkyl halides is 3. The molecule has 0 bridgehead atoms. The van der Waals surface area contributed by atoms with Gasteiger partial charge in [-0.3, -0.25) is 4.79 Å². The first-order chi connectivity index (χ1) is 15.0. The van der Waals surface area contributed by atoms with Gasteiger partial charge in [0, 0.05) is 32.4 Å². The number of nitrogens with zero attached hydrogens (tertiary/aromatic N) is 2. The summed E-state index contributed by atoms with van der Waals surface area (Å²) < 4.78 is 64.2. The van der Waals surface area contributed by atoms with Gasteiger partial charge in [-0.05, 0) is 36.8 Å². The maximum atomic E-state index is 12.7. The van der Waals surface area contributed by atoms with Crippen LogP contribution in [0.25, 0.3) is 0 Å². The predicted octanol–water partition coefficient (Wildman–Crippen LogP) is 4.02. The molecule has 2 rings (SSSR count). The predicted molar refractivity (Wildman–Crippen MR) is 116 cm³/mol. The lowest BCUT2D eigenvalue weighted by atomic mass is 10.2. The largest absolute Gasteiger partial charge is 0.417 e. The van der Waals surface area contributed by atoms with Crippen molar-refractivity contribution in [1.82, 2.24) is 14.6 Å². The number of halogens is 4. The van der Waals surface area contributed by atoms with E-state index in [0.29, 0.717) is 26.1 Å². The minimum absolute atomic E-state index is 0.0224. The maximum Gasteiger partial charge on any atom is 0.417 e. The maximum absolute atomic E-state index is 12.7. The fourth-order valence-corrected chi connectivity index (χ4v) is 4.51. The van der Waals surface area contributed by atoms with E-state index in [4.69, 9.17) is 11.6 Å². The van der Waals surface area contributed by atoms with Gasteiger partial charge >= 0.3 is 6.18 Å². The quantitative estimate of drug-likeness (QED) is 0.489. The molecular weight excluding hydrogens is 469 g/mol. The molecule has 0 radical (unpaired) electrons. The number of nitrogens with one attached hydrogen (secondary N) is 2. The molecule has 2 N–H and O–H groups in total. The average Bonchev–Trinajstić information content (AvgIpc) is 2.74. The molecule has 1 amide bonds. The number of carbonyl (C=O) groups excluding carboxylic acids is 1. The molecule has 0 spiro atoms. The number of amides is 1. The molecule has 12 heteroatoms. The van der Waals surface area contributed by atoms with E-state index < -0.39 is 27.7 Å². The summed E-state index contributed by atoms with van der Waals surface area (Å²) in [5.74, 6) is -0.249. The summed E-state index contributed by atoms with van der Waals surface area (Å²) in [7, 11) is -3.74. The Balaban J connectivity index is 1.92. The van der Waals surface area contributed by atoms with Gasteiger partial charge < -0.3 is 10.6 Å². The van der Waals surface area contributed by atoms with E-state index in [1.54, 1.807) is 13.8 Å². The van der Waals surface area contributed by atoms with Crippen molar-refractivity contribution >= 4 is 33.3 Å². The van der Waals surface area contributed by atoms with Crippen LogP contribution in [-0.2, 0) is 16.2 Å². The van der Waals surface area contributed by atoms with Crippen molar-refractivity contribution in [2.24, 2.45) is 0 Å². The first-order valence-corrected chi connectivity index (χ1v) is 11.7. The normalized spacial score (nSPS) is 12.1. The minimum atomic E-state index is -4.45. The summed E-state index contributed by atoms with van der Waals surface area (Å²) in [6, 6.07) is 6.12. The molecule has 7 nitrogen and oxygen atoms in total. The number of anilines is 1. The van der Waals surface area contributed by atoms with Crippen LogP contribution in [0.15, 0.2) is 41.4 Å². The second-order valence-corrected chi connectivity index (χ2v) is 9.04. The van der Waals surface area contributed by atoms with Gasteiger partial charge in [0.1, 0.15) is 5.82 Å². The van der Waals surface area contributed by atoms with Crippen molar-refractivity contribution in [3.63, 3.8) is 0 Å². The highest BCUT2D eigenvalue weighted by atomic mass is 35.5. The lowest BCUT2D eigenvalue weighted by Crippen LogP contribution is -2.31. The Morgan fingerprint density at radius 2 is 1.81 bits per heavy atom. The number of sulfonamides is 1. The highest BCUT2D eigenvalue weighted by molar-refractivity contribution is 7.89. The van der Waals surface area contributed by atoms with Crippen LogP contribution in [0.5, 0.6) is 0 Å². The first kappa shape index (κ1) is 25.9. The summed E-state index contributed by atoms with van der Waals surface area (Å²) in [5, 5.41) is 5.63. The lowest BCUT2D eigenvalue weighted by molar-refractivity contribution is -0.137. The van der Waals surface area contributed by atoms with E-state index in [1.165, 1.54) is 28.6 Å². The van der Waals surface area contributed by atoms with Gasteiger partial charge in [0.05, 0.1) is 21.0 Å². The topological polar surface area (TPSA) is 91.4 Å². The van der Waals surface area contributed by atoms with Crippen LogP contribution in [0.1, 0.15) is 36.2 Å². The van der Waals surface area contributed by atoms with Crippen molar-refractivity contribution in [1.29, 1.82) is 0 Å². The first-order valence-electron chi connectivity index (χ1n) is 9.85. The molecule has 0 aliphatic carbocycles. The van der Waals surface area contributed by atoms with Crippen molar-refractivity contribution < 1.29 is 26.4 Å². The van der Waals surface area contributed by atoms with E-state index in [0.717, 1.165) is 12.3 Å². The molecule has 0 atom stereocenters. The average molecular weight is 493 g/mol. The van der Waals surface area contributed by atoms with E-state index in [9.17, 15) is 26.4 Å². The standard InChI is InChI=1S/C20H24ClF3N4O3S/c1-3-28(4-2)32(30,31)15-7-8-17(21)16(12-15)19(29)26-11-5-10-25-18-9-6-14(13-27-18)20(22,23)24/h6-9,12-13H,3-5,10-11H2,1-2H3,(H,25,27)(H,26,29). The van der Waals surface area contributed by atoms with Gasteiger partial charge in [-0.25, -0.2) is 13.4 Å². The zero-order chi connectivity index (χ0) is 23.9. The van der Waals surface area contributed by atoms with Crippen molar-refractivity contribution in [2.45, 2.75) is 31.3 Å². The summed E-state index contributed by atoms with van der Waals surface area (Å²) in [6.07, 6.45) is -3.26. The highest BCUT2D eigenvalue weighted by Gasteiger charge is 2.30. The molecule has 0 saturated carbocycles. The van der Waals surface area contributed by atoms with Crippen LogP contribution in [0, 0.1) is 0 Å². The molecule has 0 aliphatic rings. The molecular formula is C20H24ClF3N4O3S. The minimum Gasteiger partial charge on any atom is -0.370 e. The van der Waals surface area contributed by atoms with E-state index in [2.05, 4.69) is 15.6 Å². The Labute approximate surface area is 190 Å². The fourth-order valence-electron chi connectivity index (χ4n) is 2.82. The zero-order valence-corrected chi connectivity index (χ0v) is 19.1. The van der Waals surface area contributed by atoms with E-state index >= 15 is 0 Å². The summed E-state index contributed by atoms with van der Waals surface area (Å²) in [5.41, 5.74) is -0.797. The third-order valence-corrected chi connectivity index (χ3v) is 6.94. The zero-order valence-electron chi connectivity index (χ0n) is 17.5. The van der Waals surface area contributed by atoms with Crippen LogP contribution in [0.3, 0.4) is 0 Å². The Kier molecular flexibility index (Phi) is 8.88. The van der Waals surface area contributed by atoms with Crippen molar-refractivity contribution in [3.8, 4) is 0 Å². The second kappa shape index (κ2) is 11.0. The Hall–Kier alpha value is -2.37. The number of hydrogen-bond donors (Lipinski definition) is 2. The third-order valence-electron chi connectivity index (χ3n) is 4.56. The van der Waals surface area contributed by atoms with Crippen LogP contribution in [0.2, 0.25) is 5.02 Å². The number of hydrogen-bond acceptors (Lipinski definition) is 5. The number of pyridine rings is 1. The Morgan fingerprint density at radius 1 is 1.12 bits per heavy atom. The van der Waals surface area contributed by atoms with Gasteiger partial charge in [-0.15, -0.1) is 0 Å². The van der Waals surface area contributed by atoms with E-state index in [-0.39, 0.29) is 27.8 Å². The van der Waals surface area contributed by atoms with Gasteiger partial charge in [-0.1, -0.05) is 25.4 Å². The van der Waals surface area contributed by atoms with Gasteiger partial charge in [0.25, 0.3) is 5.91 Å². The number of benzene rings is 1. The van der Waals surface area contributed by atoms with Gasteiger partial charge in [-0.2, -0.15) is 17.5 Å². The Bertz CT molecular complexity index is 1030. The monoisotopic (exact) mass is 492 g/mol. The molecule has 32 heavy (non-hydrogen) atoms. The fraction of sp³-hybridized carbons (Fsp3) is 0.400. The third kappa shape index (κ3) is 6.57. The van der Waals surface area contributed by atoms with Crippen LogP contribution >= 0.6 is 11.6 Å². The summed E-state index contributed by atoms with van der Waals surface area (Å²) in [6.45, 7) is 4.61. The number of rotatable bonds is 10. The van der Waals surface area contributed by atoms with E-state index in [1.807, 2.05) is 0 Å². The molecule has 2 aromatic rings. The van der Waals surface area contributed by atoms with Crippen LogP contribution in [0.4, 0.5) is 19.0 Å². The molecule has 1 heterocycles. The molecule has 176 valence electrons. The molecule has 0 aliphatic heterocycles. The van der Waals surface area contributed by atoms with Gasteiger partial charge in [0.15, 0.2) is 0 Å². The van der Waals surface area contributed by atoms with Crippen molar-refractivity contribution in [2.75, 3.05) is 31.5 Å². The van der Waals surface area contributed by atoms with Crippen molar-refractivity contribution in [3.05, 3.63) is 52.7 Å². The molecule has 1 aromatic carbocycles.